The molecule has 0 fully saturated rings. The van der Waals surface area contributed by atoms with Crippen LogP contribution >= 0.6 is 11.6 Å². The molecule has 2 nitrogen and oxygen atoms in total. The third-order valence-electron chi connectivity index (χ3n) is 2.63. The molecule has 3 heteroatoms. The van der Waals surface area contributed by atoms with Crippen molar-refractivity contribution in [3.63, 3.8) is 0 Å². The van der Waals surface area contributed by atoms with Gasteiger partial charge in [0.2, 0.25) is 0 Å². The highest BCUT2D eigenvalue weighted by molar-refractivity contribution is 6.30. The van der Waals surface area contributed by atoms with Gasteiger partial charge >= 0.3 is 0 Å². The van der Waals surface area contributed by atoms with Crippen LogP contribution in [0.3, 0.4) is 0 Å². The molecular weight excluding hydrogens is 222 g/mol. The van der Waals surface area contributed by atoms with E-state index in [-0.39, 0.29) is 6.04 Å². The Bertz CT molecular complexity index is 328. The van der Waals surface area contributed by atoms with E-state index in [0.29, 0.717) is 0 Å². The van der Waals surface area contributed by atoms with Gasteiger partial charge in [-0.1, -0.05) is 24.9 Å². The van der Waals surface area contributed by atoms with Crippen molar-refractivity contribution < 1.29 is 4.74 Å². The van der Waals surface area contributed by atoms with Gasteiger partial charge < -0.3 is 10.1 Å². The zero-order chi connectivity index (χ0) is 12.0. The normalized spacial score (nSPS) is 12.5. The molecule has 1 aromatic carbocycles. The van der Waals surface area contributed by atoms with Crippen molar-refractivity contribution in [1.82, 2.24) is 5.32 Å². The summed E-state index contributed by atoms with van der Waals surface area (Å²) < 4.78 is 5.76. The van der Waals surface area contributed by atoms with Crippen molar-refractivity contribution in [2.45, 2.75) is 32.7 Å². The highest BCUT2D eigenvalue weighted by Gasteiger charge is 2.10. The molecule has 0 bridgehead atoms. The average molecular weight is 242 g/mol. The minimum Gasteiger partial charge on any atom is -0.493 e. The lowest BCUT2D eigenvalue weighted by atomic mass is 10.1. The molecule has 0 aliphatic carbocycles. The van der Waals surface area contributed by atoms with Crippen LogP contribution in [0.5, 0.6) is 5.75 Å². The number of hydrogen-bond acceptors (Lipinski definition) is 2. The number of halogens is 1. The second-order valence-corrected chi connectivity index (χ2v) is 4.33. The van der Waals surface area contributed by atoms with E-state index in [4.69, 9.17) is 16.3 Å². The van der Waals surface area contributed by atoms with Gasteiger partial charge in [-0.05, 0) is 38.6 Å². The van der Waals surface area contributed by atoms with Crippen molar-refractivity contribution >= 4 is 11.6 Å². The number of nitrogens with one attached hydrogen (secondary N) is 1. The Hall–Kier alpha value is -0.730. The highest BCUT2D eigenvalue weighted by atomic mass is 35.5. The number of rotatable bonds is 6. The van der Waals surface area contributed by atoms with E-state index in [1.165, 1.54) is 0 Å². The fourth-order valence-electron chi connectivity index (χ4n) is 1.47. The predicted octanol–water partition coefficient (Wildman–Crippen LogP) is 3.80. The molecule has 0 aromatic heterocycles. The summed E-state index contributed by atoms with van der Waals surface area (Å²) in [6, 6.07) is 6.02. The summed E-state index contributed by atoms with van der Waals surface area (Å²) in [7, 11) is 1.93. The van der Waals surface area contributed by atoms with E-state index in [1.54, 1.807) is 0 Å². The first kappa shape index (κ1) is 13.3. The second kappa shape index (κ2) is 6.77. The van der Waals surface area contributed by atoms with Gasteiger partial charge in [-0.3, -0.25) is 0 Å². The second-order valence-electron chi connectivity index (χ2n) is 3.89. The molecule has 0 amide bonds. The maximum absolute atomic E-state index is 6.00. The van der Waals surface area contributed by atoms with Gasteiger partial charge in [0, 0.05) is 16.6 Å². The fraction of sp³-hybridized carbons (Fsp3) is 0.538. The Morgan fingerprint density at radius 3 is 2.81 bits per heavy atom. The van der Waals surface area contributed by atoms with Gasteiger partial charge in [-0.25, -0.2) is 0 Å². The Kier molecular flexibility index (Phi) is 5.64. The van der Waals surface area contributed by atoms with E-state index >= 15 is 0 Å². The minimum atomic E-state index is 0.246. The maximum atomic E-state index is 6.00. The maximum Gasteiger partial charge on any atom is 0.124 e. The summed E-state index contributed by atoms with van der Waals surface area (Å²) in [5.74, 6) is 0.930. The van der Waals surface area contributed by atoms with Crippen LogP contribution in [0.1, 0.15) is 38.3 Å². The van der Waals surface area contributed by atoms with E-state index in [2.05, 4.69) is 19.2 Å². The highest BCUT2D eigenvalue weighted by Crippen LogP contribution is 2.28. The number of benzene rings is 1. The summed E-state index contributed by atoms with van der Waals surface area (Å²) in [5.41, 5.74) is 1.12. The predicted molar refractivity (Wildman–Crippen MR) is 69.3 cm³/mol. The summed E-state index contributed by atoms with van der Waals surface area (Å²) in [6.07, 6.45) is 2.22. The molecule has 0 radical (unpaired) electrons. The topological polar surface area (TPSA) is 21.3 Å². The van der Waals surface area contributed by atoms with Crippen LogP contribution in [-0.2, 0) is 0 Å². The van der Waals surface area contributed by atoms with Gasteiger partial charge in [0.15, 0.2) is 0 Å². The molecule has 1 N–H and O–H groups in total. The molecule has 0 saturated carbocycles. The van der Waals surface area contributed by atoms with Gasteiger partial charge in [0.25, 0.3) is 0 Å². The van der Waals surface area contributed by atoms with Crippen molar-refractivity contribution in [2.24, 2.45) is 0 Å². The molecule has 0 saturated heterocycles. The zero-order valence-corrected chi connectivity index (χ0v) is 11.0. The average Bonchev–Trinajstić information content (AvgIpc) is 2.30. The van der Waals surface area contributed by atoms with Crippen molar-refractivity contribution in [1.29, 1.82) is 0 Å². The monoisotopic (exact) mass is 241 g/mol. The summed E-state index contributed by atoms with van der Waals surface area (Å²) in [6.45, 7) is 5.02. The van der Waals surface area contributed by atoms with E-state index in [1.807, 2.05) is 25.2 Å². The Morgan fingerprint density at radius 2 is 2.19 bits per heavy atom. The standard InChI is InChI=1S/C13H20ClNO/c1-4-5-8-16-13-7-6-11(14)9-12(13)10(2)15-3/h6-7,9-10,15H,4-5,8H2,1-3H3. The van der Waals surface area contributed by atoms with Crippen LogP contribution in [0.4, 0.5) is 0 Å². The van der Waals surface area contributed by atoms with E-state index in [9.17, 15) is 0 Å². The molecule has 1 aromatic rings. The fourth-order valence-corrected chi connectivity index (χ4v) is 1.65. The van der Waals surface area contributed by atoms with Crippen molar-refractivity contribution in [3.8, 4) is 5.75 Å². The molecule has 1 rings (SSSR count). The first-order valence-electron chi connectivity index (χ1n) is 5.78. The Morgan fingerprint density at radius 1 is 1.44 bits per heavy atom. The summed E-state index contributed by atoms with van der Waals surface area (Å²) in [5, 5.41) is 3.95. The number of hydrogen-bond donors (Lipinski definition) is 1. The van der Waals surface area contributed by atoms with Gasteiger partial charge in [-0.15, -0.1) is 0 Å². The van der Waals surface area contributed by atoms with Crippen LogP contribution < -0.4 is 10.1 Å². The summed E-state index contributed by atoms with van der Waals surface area (Å²) >= 11 is 6.00. The lowest BCUT2D eigenvalue weighted by molar-refractivity contribution is 0.304. The van der Waals surface area contributed by atoms with Crippen LogP contribution in [0.25, 0.3) is 0 Å². The molecule has 1 atom stereocenters. The van der Waals surface area contributed by atoms with Crippen LogP contribution in [-0.4, -0.2) is 13.7 Å². The number of ether oxygens (including phenoxy) is 1. The lowest BCUT2D eigenvalue weighted by Gasteiger charge is -2.16. The van der Waals surface area contributed by atoms with Gasteiger partial charge in [0.05, 0.1) is 6.61 Å². The van der Waals surface area contributed by atoms with Crippen LogP contribution in [0.15, 0.2) is 18.2 Å². The smallest absolute Gasteiger partial charge is 0.124 e. The minimum absolute atomic E-state index is 0.246. The van der Waals surface area contributed by atoms with Crippen molar-refractivity contribution in [3.05, 3.63) is 28.8 Å². The quantitative estimate of drug-likeness (QED) is 0.765. The van der Waals surface area contributed by atoms with Gasteiger partial charge in [-0.2, -0.15) is 0 Å². The molecule has 16 heavy (non-hydrogen) atoms. The molecule has 0 aliphatic heterocycles. The van der Waals surface area contributed by atoms with Crippen LogP contribution in [0, 0.1) is 0 Å². The van der Waals surface area contributed by atoms with Gasteiger partial charge in [0.1, 0.15) is 5.75 Å². The Labute approximate surface area is 103 Å². The SMILES string of the molecule is CCCCOc1ccc(Cl)cc1C(C)NC. The molecule has 0 heterocycles. The largest absolute Gasteiger partial charge is 0.493 e. The Balaban J connectivity index is 2.80. The molecule has 0 aliphatic rings. The lowest BCUT2D eigenvalue weighted by Crippen LogP contribution is -2.14. The summed E-state index contributed by atoms with van der Waals surface area (Å²) in [4.78, 5) is 0. The third-order valence-corrected chi connectivity index (χ3v) is 2.86. The van der Waals surface area contributed by atoms with E-state index in [0.717, 1.165) is 35.8 Å². The molecule has 1 unspecified atom stereocenters. The first-order valence-corrected chi connectivity index (χ1v) is 6.16. The molecule has 90 valence electrons. The van der Waals surface area contributed by atoms with E-state index < -0.39 is 0 Å². The third kappa shape index (κ3) is 3.69. The first-order chi connectivity index (χ1) is 7.69. The van der Waals surface area contributed by atoms with Crippen molar-refractivity contribution in [2.75, 3.05) is 13.7 Å². The van der Waals surface area contributed by atoms with Crippen LogP contribution in [0.2, 0.25) is 5.02 Å². The molecular formula is C13H20ClNO. The zero-order valence-electron chi connectivity index (χ0n) is 10.2. The molecule has 0 spiro atoms. The number of unbranched alkanes of at least 4 members (excludes halogenated alkanes) is 1.